The Bertz CT molecular complexity index is 227. The van der Waals surface area contributed by atoms with E-state index >= 15 is 0 Å². The van der Waals surface area contributed by atoms with Crippen molar-refractivity contribution in [3.05, 3.63) is 24.3 Å². The monoisotopic (exact) mass is 119 g/mol. The van der Waals surface area contributed by atoms with Gasteiger partial charge in [0, 0.05) is 18.5 Å². The fourth-order valence-electron chi connectivity index (χ4n) is 0.485. The first kappa shape index (κ1) is 5.57. The van der Waals surface area contributed by atoms with Gasteiger partial charge in [-0.3, -0.25) is 0 Å². The van der Waals surface area contributed by atoms with E-state index in [4.69, 9.17) is 5.26 Å². The van der Waals surface area contributed by atoms with Gasteiger partial charge in [-0.1, -0.05) is 0 Å². The minimum Gasteiger partial charge on any atom is -0.345 e. The van der Waals surface area contributed by atoms with Crippen LogP contribution in [0.2, 0.25) is 0 Å². The number of allylic oxidation sites excluding steroid dienone is 1. The summed E-state index contributed by atoms with van der Waals surface area (Å²) in [6, 6.07) is 1.87. The van der Waals surface area contributed by atoms with Crippen LogP contribution in [0.1, 0.15) is 5.82 Å². The molecule has 0 aliphatic heterocycles. The van der Waals surface area contributed by atoms with Crippen LogP contribution in [0.15, 0.2) is 18.5 Å². The molecule has 0 fully saturated rings. The van der Waals surface area contributed by atoms with Gasteiger partial charge in [0.05, 0.1) is 6.07 Å². The molecule has 0 atom stereocenters. The average molecular weight is 119 g/mol. The number of nitriles is 1. The number of nitrogens with one attached hydrogen (secondary N) is 1. The number of rotatable bonds is 1. The summed E-state index contributed by atoms with van der Waals surface area (Å²) < 4.78 is 0. The van der Waals surface area contributed by atoms with Crippen LogP contribution >= 0.6 is 0 Å². The first-order valence-corrected chi connectivity index (χ1v) is 2.49. The lowest BCUT2D eigenvalue weighted by Gasteiger charge is -1.75. The number of H-pyrrole nitrogens is 1. The summed E-state index contributed by atoms with van der Waals surface area (Å²) >= 11 is 0. The van der Waals surface area contributed by atoms with Crippen molar-refractivity contribution in [3.8, 4) is 6.07 Å². The van der Waals surface area contributed by atoms with E-state index in [0.717, 1.165) is 0 Å². The van der Waals surface area contributed by atoms with Crippen LogP contribution in [-0.2, 0) is 0 Å². The fraction of sp³-hybridized carbons (Fsp3) is 0. The first-order valence-electron chi connectivity index (χ1n) is 2.49. The van der Waals surface area contributed by atoms with Crippen molar-refractivity contribution in [2.45, 2.75) is 0 Å². The zero-order chi connectivity index (χ0) is 6.53. The molecular formula is C6H5N3. The van der Waals surface area contributed by atoms with E-state index in [1.807, 2.05) is 6.07 Å². The molecule has 0 spiro atoms. The van der Waals surface area contributed by atoms with Gasteiger partial charge in [0.1, 0.15) is 5.82 Å². The number of imidazole rings is 1. The third kappa shape index (κ3) is 1.42. The van der Waals surface area contributed by atoms with Crippen molar-refractivity contribution in [3.63, 3.8) is 0 Å². The third-order valence-electron chi connectivity index (χ3n) is 0.835. The molecule has 1 aromatic heterocycles. The normalized spacial score (nSPS) is 9.67. The number of nitrogens with zero attached hydrogens (tertiary/aromatic N) is 2. The molecule has 0 unspecified atom stereocenters. The SMILES string of the molecule is N#C/C=C/c1ncc[nH]1. The zero-order valence-corrected chi connectivity index (χ0v) is 4.70. The van der Waals surface area contributed by atoms with E-state index in [9.17, 15) is 0 Å². The second-order valence-electron chi connectivity index (χ2n) is 1.44. The van der Waals surface area contributed by atoms with Gasteiger partial charge < -0.3 is 4.98 Å². The Hall–Kier alpha value is -1.56. The lowest BCUT2D eigenvalue weighted by molar-refractivity contribution is 1.26. The highest BCUT2D eigenvalue weighted by atomic mass is 14.9. The lowest BCUT2D eigenvalue weighted by Crippen LogP contribution is -1.70. The second-order valence-corrected chi connectivity index (χ2v) is 1.44. The van der Waals surface area contributed by atoms with Crippen molar-refractivity contribution in [2.75, 3.05) is 0 Å². The highest BCUT2D eigenvalue weighted by Crippen LogP contribution is 1.89. The van der Waals surface area contributed by atoms with Gasteiger partial charge in [-0.15, -0.1) is 0 Å². The molecule has 3 nitrogen and oxygen atoms in total. The van der Waals surface area contributed by atoms with Crippen LogP contribution < -0.4 is 0 Å². The van der Waals surface area contributed by atoms with Crippen LogP contribution in [-0.4, -0.2) is 9.97 Å². The van der Waals surface area contributed by atoms with Gasteiger partial charge in [-0.2, -0.15) is 5.26 Å². The quantitative estimate of drug-likeness (QED) is 0.559. The van der Waals surface area contributed by atoms with E-state index in [-0.39, 0.29) is 0 Å². The molecule has 1 aromatic rings. The summed E-state index contributed by atoms with van der Waals surface area (Å²) in [6.07, 6.45) is 6.33. The maximum Gasteiger partial charge on any atom is 0.130 e. The predicted molar refractivity (Wildman–Crippen MR) is 33.2 cm³/mol. The number of aromatic amines is 1. The summed E-state index contributed by atoms with van der Waals surface area (Å²) in [5, 5.41) is 8.09. The van der Waals surface area contributed by atoms with Crippen molar-refractivity contribution in [1.29, 1.82) is 5.26 Å². The van der Waals surface area contributed by atoms with Gasteiger partial charge >= 0.3 is 0 Å². The molecule has 1 rings (SSSR count). The van der Waals surface area contributed by atoms with Crippen molar-refractivity contribution < 1.29 is 0 Å². The second kappa shape index (κ2) is 2.68. The molecule has 0 saturated carbocycles. The van der Waals surface area contributed by atoms with Gasteiger partial charge in [-0.25, -0.2) is 4.98 Å². The van der Waals surface area contributed by atoms with E-state index in [2.05, 4.69) is 9.97 Å². The van der Waals surface area contributed by atoms with Crippen LogP contribution in [0.3, 0.4) is 0 Å². The maximum absolute atomic E-state index is 8.09. The molecule has 44 valence electrons. The van der Waals surface area contributed by atoms with Crippen LogP contribution in [0, 0.1) is 11.3 Å². The molecule has 9 heavy (non-hydrogen) atoms. The Labute approximate surface area is 52.7 Å². The van der Waals surface area contributed by atoms with E-state index < -0.39 is 0 Å². The van der Waals surface area contributed by atoms with Crippen molar-refractivity contribution in [1.82, 2.24) is 9.97 Å². The third-order valence-corrected chi connectivity index (χ3v) is 0.835. The van der Waals surface area contributed by atoms with Gasteiger partial charge in [0.2, 0.25) is 0 Å². The van der Waals surface area contributed by atoms with Gasteiger partial charge in [-0.05, 0) is 6.08 Å². The summed E-state index contributed by atoms with van der Waals surface area (Å²) in [5.74, 6) is 0.705. The molecule has 0 radical (unpaired) electrons. The fourth-order valence-corrected chi connectivity index (χ4v) is 0.485. The standard InChI is InChI=1S/C6H5N3/c7-3-1-2-6-8-4-5-9-6/h1-2,4-5H,(H,8,9)/b2-1+. The molecule has 1 N–H and O–H groups in total. The Morgan fingerprint density at radius 2 is 2.67 bits per heavy atom. The minimum absolute atomic E-state index is 0.705. The molecule has 3 heteroatoms. The average Bonchev–Trinajstić information content (AvgIpc) is 2.34. The smallest absolute Gasteiger partial charge is 0.130 e. The topological polar surface area (TPSA) is 52.5 Å². The number of hydrogen-bond acceptors (Lipinski definition) is 2. The van der Waals surface area contributed by atoms with E-state index in [0.29, 0.717) is 5.82 Å². The molecule has 0 bridgehead atoms. The molecular weight excluding hydrogens is 114 g/mol. The molecule has 0 amide bonds. The van der Waals surface area contributed by atoms with Crippen molar-refractivity contribution >= 4 is 6.08 Å². The minimum atomic E-state index is 0.705. The molecule has 0 saturated heterocycles. The van der Waals surface area contributed by atoms with E-state index in [1.165, 1.54) is 6.08 Å². The summed E-state index contributed by atoms with van der Waals surface area (Å²) in [7, 11) is 0. The van der Waals surface area contributed by atoms with Crippen molar-refractivity contribution in [2.24, 2.45) is 0 Å². The van der Waals surface area contributed by atoms with Crippen LogP contribution in [0.4, 0.5) is 0 Å². The zero-order valence-electron chi connectivity index (χ0n) is 4.70. The van der Waals surface area contributed by atoms with Crippen LogP contribution in [0.5, 0.6) is 0 Å². The predicted octanol–water partition coefficient (Wildman–Crippen LogP) is 0.946. The lowest BCUT2D eigenvalue weighted by atomic mass is 10.5. The molecule has 0 aliphatic rings. The Morgan fingerprint density at radius 3 is 3.22 bits per heavy atom. The summed E-state index contributed by atoms with van der Waals surface area (Å²) in [5.41, 5.74) is 0. The Kier molecular flexibility index (Phi) is 1.66. The number of hydrogen-bond donors (Lipinski definition) is 1. The van der Waals surface area contributed by atoms with Crippen LogP contribution in [0.25, 0.3) is 6.08 Å². The first-order chi connectivity index (χ1) is 4.43. The highest BCUT2D eigenvalue weighted by Gasteiger charge is 1.81. The summed E-state index contributed by atoms with van der Waals surface area (Å²) in [4.78, 5) is 6.68. The molecule has 1 heterocycles. The molecule has 0 aromatic carbocycles. The largest absolute Gasteiger partial charge is 0.345 e. The summed E-state index contributed by atoms with van der Waals surface area (Å²) in [6.45, 7) is 0. The van der Waals surface area contributed by atoms with Gasteiger partial charge in [0.25, 0.3) is 0 Å². The van der Waals surface area contributed by atoms with Gasteiger partial charge in [0.15, 0.2) is 0 Å². The Balaban J connectivity index is 2.71. The number of aromatic nitrogens is 2. The maximum atomic E-state index is 8.09. The highest BCUT2D eigenvalue weighted by molar-refractivity contribution is 5.42. The molecule has 0 aliphatic carbocycles. The van der Waals surface area contributed by atoms with E-state index in [1.54, 1.807) is 18.5 Å². The Morgan fingerprint density at radius 1 is 1.78 bits per heavy atom.